The van der Waals surface area contributed by atoms with Gasteiger partial charge < -0.3 is 9.47 Å². The molecule has 0 unspecified atom stereocenters. The lowest BCUT2D eigenvalue weighted by atomic mass is 9.96. The standard InChI is InChI=1S/C32H29ClN2O4S2/c1-19(2)39-31(37)28-20(3)34-32-35(29(28)23-10-14-26(40-4)15-11-23)30(36)27(41-32)17-21-8-12-25(13-9-21)38-18-22-6-5-7-24(33)16-22/h5-17,19,29H,18H2,1-4H3/b27-17-/t29-/m0/s1. The third kappa shape index (κ3) is 6.50. The fraction of sp³-hybridized carbons (Fsp3) is 0.219. The first-order chi connectivity index (χ1) is 19.7. The summed E-state index contributed by atoms with van der Waals surface area (Å²) in [6.45, 7) is 5.80. The zero-order valence-electron chi connectivity index (χ0n) is 23.1. The van der Waals surface area contributed by atoms with Gasteiger partial charge in [0, 0.05) is 9.92 Å². The van der Waals surface area contributed by atoms with Gasteiger partial charge in [-0.25, -0.2) is 9.79 Å². The SMILES string of the molecule is CSc1ccc([C@H]2C(C(=O)OC(C)C)=C(C)N=c3s/c(=C\c4ccc(OCc5cccc(Cl)c5)cc4)c(=O)n32)cc1. The highest BCUT2D eigenvalue weighted by Gasteiger charge is 2.33. The third-order valence-corrected chi connectivity index (χ3v) is 8.45. The number of allylic oxidation sites excluding steroid dienone is 1. The molecule has 2 heterocycles. The molecule has 0 fully saturated rings. The quantitative estimate of drug-likeness (QED) is 0.178. The van der Waals surface area contributed by atoms with Gasteiger partial charge in [0.15, 0.2) is 4.80 Å². The van der Waals surface area contributed by atoms with E-state index >= 15 is 0 Å². The van der Waals surface area contributed by atoms with Crippen LogP contribution in [0.2, 0.25) is 5.02 Å². The molecule has 0 amide bonds. The van der Waals surface area contributed by atoms with Gasteiger partial charge in [0.1, 0.15) is 12.4 Å². The van der Waals surface area contributed by atoms with Crippen LogP contribution in [0.1, 0.15) is 43.5 Å². The lowest BCUT2D eigenvalue weighted by molar-refractivity contribution is -0.143. The van der Waals surface area contributed by atoms with Gasteiger partial charge in [-0.2, -0.15) is 0 Å². The monoisotopic (exact) mass is 604 g/mol. The predicted molar refractivity (Wildman–Crippen MR) is 165 cm³/mol. The summed E-state index contributed by atoms with van der Waals surface area (Å²) in [6, 6.07) is 22.3. The topological polar surface area (TPSA) is 69.9 Å². The Morgan fingerprint density at radius 3 is 2.51 bits per heavy atom. The second kappa shape index (κ2) is 12.5. The Balaban J connectivity index is 1.50. The molecule has 41 heavy (non-hydrogen) atoms. The molecule has 1 aliphatic heterocycles. The van der Waals surface area contributed by atoms with Crippen molar-refractivity contribution in [2.24, 2.45) is 4.99 Å². The van der Waals surface area contributed by atoms with Crippen molar-refractivity contribution in [2.45, 2.75) is 44.4 Å². The van der Waals surface area contributed by atoms with Crippen LogP contribution in [0.4, 0.5) is 0 Å². The van der Waals surface area contributed by atoms with Crippen LogP contribution in [0, 0.1) is 0 Å². The lowest BCUT2D eigenvalue weighted by Crippen LogP contribution is -2.40. The maximum absolute atomic E-state index is 13.8. The van der Waals surface area contributed by atoms with Crippen LogP contribution in [0.25, 0.3) is 6.08 Å². The number of fused-ring (bicyclic) bond motifs is 1. The number of thioether (sulfide) groups is 1. The van der Waals surface area contributed by atoms with E-state index in [0.717, 1.165) is 21.6 Å². The van der Waals surface area contributed by atoms with E-state index in [1.165, 1.54) is 11.3 Å². The van der Waals surface area contributed by atoms with E-state index in [2.05, 4.69) is 4.99 Å². The zero-order valence-corrected chi connectivity index (χ0v) is 25.5. The van der Waals surface area contributed by atoms with E-state index in [9.17, 15) is 9.59 Å². The van der Waals surface area contributed by atoms with Crippen molar-refractivity contribution in [1.29, 1.82) is 0 Å². The Kier molecular flexibility index (Phi) is 8.82. The summed E-state index contributed by atoms with van der Waals surface area (Å²) >= 11 is 8.99. The summed E-state index contributed by atoms with van der Waals surface area (Å²) in [5.41, 5.74) is 3.35. The Hall–Kier alpha value is -3.59. The number of hydrogen-bond donors (Lipinski definition) is 0. The highest BCUT2D eigenvalue weighted by atomic mass is 35.5. The van der Waals surface area contributed by atoms with Crippen LogP contribution in [-0.4, -0.2) is 22.9 Å². The average Bonchev–Trinajstić information content (AvgIpc) is 3.25. The van der Waals surface area contributed by atoms with Crippen molar-refractivity contribution in [3.8, 4) is 5.75 Å². The van der Waals surface area contributed by atoms with Crippen LogP contribution in [0.5, 0.6) is 5.75 Å². The molecule has 1 aromatic heterocycles. The molecule has 4 aromatic rings. The van der Waals surface area contributed by atoms with E-state index < -0.39 is 12.0 Å². The molecular weight excluding hydrogens is 576 g/mol. The first-order valence-electron chi connectivity index (χ1n) is 13.1. The number of nitrogens with zero attached hydrogens (tertiary/aromatic N) is 2. The minimum Gasteiger partial charge on any atom is -0.489 e. The Bertz CT molecular complexity index is 1790. The number of halogens is 1. The number of hydrogen-bond acceptors (Lipinski definition) is 7. The number of carbonyl (C=O) groups is 1. The molecule has 3 aromatic carbocycles. The molecule has 0 aliphatic carbocycles. The molecule has 0 saturated carbocycles. The number of benzene rings is 3. The van der Waals surface area contributed by atoms with E-state index in [-0.39, 0.29) is 11.7 Å². The normalized spacial score (nSPS) is 15.1. The van der Waals surface area contributed by atoms with Crippen LogP contribution in [0.15, 0.2) is 98.7 Å². The first kappa shape index (κ1) is 28.9. The van der Waals surface area contributed by atoms with Gasteiger partial charge >= 0.3 is 5.97 Å². The number of aromatic nitrogens is 1. The number of rotatable bonds is 8. The first-order valence-corrected chi connectivity index (χ1v) is 15.5. The van der Waals surface area contributed by atoms with Crippen molar-refractivity contribution in [1.82, 2.24) is 4.57 Å². The minimum absolute atomic E-state index is 0.212. The second-order valence-corrected chi connectivity index (χ2v) is 12.1. The van der Waals surface area contributed by atoms with E-state index in [1.807, 2.05) is 85.1 Å². The second-order valence-electron chi connectivity index (χ2n) is 9.80. The summed E-state index contributed by atoms with van der Waals surface area (Å²) < 4.78 is 13.6. The molecule has 6 nitrogen and oxygen atoms in total. The number of thiazole rings is 1. The maximum atomic E-state index is 13.8. The number of esters is 1. The molecule has 9 heteroatoms. The molecule has 210 valence electrons. The highest BCUT2D eigenvalue weighted by molar-refractivity contribution is 7.98. The molecule has 0 N–H and O–H groups in total. The largest absolute Gasteiger partial charge is 0.489 e. The van der Waals surface area contributed by atoms with Crippen LogP contribution < -0.4 is 19.6 Å². The number of ether oxygens (including phenoxy) is 2. The van der Waals surface area contributed by atoms with Gasteiger partial charge in [0.05, 0.1) is 27.9 Å². The van der Waals surface area contributed by atoms with Crippen LogP contribution >= 0.6 is 34.7 Å². The summed E-state index contributed by atoms with van der Waals surface area (Å²) in [6.07, 6.45) is 3.54. The summed E-state index contributed by atoms with van der Waals surface area (Å²) in [5.74, 6) is 0.240. The molecule has 0 radical (unpaired) electrons. The third-order valence-electron chi connectivity index (χ3n) is 6.49. The van der Waals surface area contributed by atoms with Crippen molar-refractivity contribution < 1.29 is 14.3 Å². The van der Waals surface area contributed by atoms with Crippen LogP contribution in [0.3, 0.4) is 0 Å². The van der Waals surface area contributed by atoms with Crippen molar-refractivity contribution >= 4 is 46.7 Å². The van der Waals surface area contributed by atoms with E-state index in [4.69, 9.17) is 21.1 Å². The zero-order chi connectivity index (χ0) is 29.1. The average molecular weight is 605 g/mol. The maximum Gasteiger partial charge on any atom is 0.338 e. The summed E-state index contributed by atoms with van der Waals surface area (Å²) in [5, 5.41) is 0.668. The van der Waals surface area contributed by atoms with Crippen molar-refractivity contribution in [3.63, 3.8) is 0 Å². The van der Waals surface area contributed by atoms with E-state index in [1.54, 1.807) is 37.1 Å². The molecule has 0 bridgehead atoms. The fourth-order valence-corrected chi connectivity index (χ4v) is 6.23. The van der Waals surface area contributed by atoms with Gasteiger partial charge in [-0.05, 0) is 86.2 Å². The number of carbonyl (C=O) groups excluding carboxylic acids is 1. The van der Waals surface area contributed by atoms with Gasteiger partial charge in [-0.3, -0.25) is 9.36 Å². The summed E-state index contributed by atoms with van der Waals surface area (Å²) in [7, 11) is 0. The molecule has 1 atom stereocenters. The molecule has 0 saturated heterocycles. The molecule has 1 aliphatic rings. The summed E-state index contributed by atoms with van der Waals surface area (Å²) in [4.78, 5) is 33.4. The van der Waals surface area contributed by atoms with Gasteiger partial charge in [0.25, 0.3) is 5.56 Å². The van der Waals surface area contributed by atoms with Crippen LogP contribution in [-0.2, 0) is 16.1 Å². The van der Waals surface area contributed by atoms with E-state index in [0.29, 0.717) is 38.0 Å². The molecule has 5 rings (SSSR count). The van der Waals surface area contributed by atoms with Gasteiger partial charge in [0.2, 0.25) is 0 Å². The highest BCUT2D eigenvalue weighted by Crippen LogP contribution is 2.32. The Labute approximate surface area is 251 Å². The van der Waals surface area contributed by atoms with Gasteiger partial charge in [-0.1, -0.05) is 59.3 Å². The van der Waals surface area contributed by atoms with Crippen molar-refractivity contribution in [3.05, 3.63) is 125 Å². The fourth-order valence-electron chi connectivity index (χ4n) is 4.57. The lowest BCUT2D eigenvalue weighted by Gasteiger charge is -2.25. The minimum atomic E-state index is -0.641. The van der Waals surface area contributed by atoms with Gasteiger partial charge in [-0.15, -0.1) is 11.8 Å². The molecular formula is C32H29ClN2O4S2. The smallest absolute Gasteiger partial charge is 0.338 e. The van der Waals surface area contributed by atoms with Crippen molar-refractivity contribution in [2.75, 3.05) is 6.26 Å². The Morgan fingerprint density at radius 1 is 1.12 bits per heavy atom. The molecule has 0 spiro atoms. The predicted octanol–water partition coefficient (Wildman–Crippen LogP) is 6.14. The Morgan fingerprint density at radius 2 is 1.85 bits per heavy atom.